The van der Waals surface area contributed by atoms with Crippen LogP contribution in [-0.2, 0) is 16.0 Å². The van der Waals surface area contributed by atoms with Crippen LogP contribution in [0.1, 0.15) is 5.56 Å². The smallest absolute Gasteiger partial charge is 0.237 e. The van der Waals surface area contributed by atoms with Gasteiger partial charge in [0.25, 0.3) is 0 Å². The Kier molecular flexibility index (Phi) is 5.03. The Bertz CT molecular complexity index is 482. The lowest BCUT2D eigenvalue weighted by atomic mass is 10.1. The molecule has 1 aliphatic heterocycles. The summed E-state index contributed by atoms with van der Waals surface area (Å²) in [5.74, 6) is -1.59. The van der Waals surface area contributed by atoms with E-state index in [1.54, 1.807) is 18.1 Å². The number of hydrogen-bond donors (Lipinski definition) is 0. The fourth-order valence-corrected chi connectivity index (χ4v) is 2.19. The molecule has 1 fully saturated rings. The molecule has 1 aromatic carbocycles. The maximum Gasteiger partial charge on any atom is 0.237 e. The minimum absolute atomic E-state index is 0.0762. The van der Waals surface area contributed by atoms with Gasteiger partial charge in [0, 0.05) is 20.2 Å². The molecule has 110 valence electrons. The van der Waals surface area contributed by atoms with Crippen LogP contribution < -0.4 is 0 Å². The van der Waals surface area contributed by atoms with Gasteiger partial charge in [-0.05, 0) is 24.1 Å². The largest absolute Gasteiger partial charge is 0.383 e. The highest BCUT2D eigenvalue weighted by Gasteiger charge is 2.26. The van der Waals surface area contributed by atoms with Crippen LogP contribution in [0, 0.1) is 11.6 Å². The Balaban J connectivity index is 1.82. The van der Waals surface area contributed by atoms with E-state index < -0.39 is 11.6 Å². The molecule has 1 amide bonds. The first-order chi connectivity index (χ1) is 9.60. The zero-order valence-corrected chi connectivity index (χ0v) is 11.4. The number of nitrogens with zero attached hydrogens (tertiary/aromatic N) is 2. The number of benzene rings is 1. The Hall–Kier alpha value is -1.53. The maximum absolute atomic E-state index is 13.1. The predicted octanol–water partition coefficient (Wildman–Crippen LogP) is 1.26. The number of halogens is 2. The van der Waals surface area contributed by atoms with Gasteiger partial charge in [-0.2, -0.15) is 0 Å². The van der Waals surface area contributed by atoms with E-state index in [-0.39, 0.29) is 5.91 Å². The van der Waals surface area contributed by atoms with Crippen molar-refractivity contribution >= 4 is 5.91 Å². The van der Waals surface area contributed by atoms with E-state index in [2.05, 4.69) is 0 Å². The molecule has 1 heterocycles. The summed E-state index contributed by atoms with van der Waals surface area (Å²) >= 11 is 0. The van der Waals surface area contributed by atoms with E-state index in [1.165, 1.54) is 6.07 Å². The van der Waals surface area contributed by atoms with Crippen molar-refractivity contribution in [2.75, 3.05) is 40.0 Å². The van der Waals surface area contributed by atoms with Crippen LogP contribution in [0.3, 0.4) is 0 Å². The molecule has 6 heteroatoms. The molecule has 2 rings (SSSR count). The predicted molar refractivity (Wildman–Crippen MR) is 70.1 cm³/mol. The van der Waals surface area contributed by atoms with Crippen molar-refractivity contribution in [3.8, 4) is 0 Å². The molecule has 0 spiro atoms. The lowest BCUT2D eigenvalue weighted by Crippen LogP contribution is -2.31. The lowest BCUT2D eigenvalue weighted by molar-refractivity contribution is -0.127. The maximum atomic E-state index is 13.1. The highest BCUT2D eigenvalue weighted by molar-refractivity contribution is 5.80. The van der Waals surface area contributed by atoms with Crippen LogP contribution >= 0.6 is 0 Å². The number of methoxy groups -OCH3 is 1. The minimum Gasteiger partial charge on any atom is -0.383 e. The second kappa shape index (κ2) is 6.76. The van der Waals surface area contributed by atoms with E-state index in [0.29, 0.717) is 39.3 Å². The molecule has 0 aliphatic carbocycles. The fourth-order valence-electron chi connectivity index (χ4n) is 2.19. The molecule has 1 aromatic rings. The molecule has 0 N–H and O–H groups in total. The van der Waals surface area contributed by atoms with Crippen molar-refractivity contribution in [1.82, 2.24) is 9.80 Å². The number of hydrogen-bond acceptors (Lipinski definition) is 3. The summed E-state index contributed by atoms with van der Waals surface area (Å²) in [6.07, 6.45) is 0.586. The SMILES string of the molecule is COCCN1CN(CCc2ccc(F)c(F)c2)CC1=O. The molecule has 0 saturated carbocycles. The van der Waals surface area contributed by atoms with Crippen molar-refractivity contribution in [3.63, 3.8) is 0 Å². The van der Waals surface area contributed by atoms with Crippen molar-refractivity contribution in [2.45, 2.75) is 6.42 Å². The standard InChI is InChI=1S/C14H18F2N2O2/c1-20-7-6-18-10-17(9-14(18)19)5-4-11-2-3-12(15)13(16)8-11/h2-3,8H,4-7,9-10H2,1H3. The summed E-state index contributed by atoms with van der Waals surface area (Å²) < 4.78 is 30.8. The average molecular weight is 284 g/mol. The summed E-state index contributed by atoms with van der Waals surface area (Å²) in [5.41, 5.74) is 0.728. The van der Waals surface area contributed by atoms with Gasteiger partial charge in [0.15, 0.2) is 11.6 Å². The molecule has 0 bridgehead atoms. The first-order valence-electron chi connectivity index (χ1n) is 6.53. The van der Waals surface area contributed by atoms with Crippen LogP contribution in [0.2, 0.25) is 0 Å². The van der Waals surface area contributed by atoms with Gasteiger partial charge in [0.05, 0.1) is 19.8 Å². The highest BCUT2D eigenvalue weighted by Crippen LogP contribution is 2.12. The van der Waals surface area contributed by atoms with E-state index >= 15 is 0 Å². The Morgan fingerprint density at radius 3 is 2.75 bits per heavy atom. The Labute approximate surface area is 116 Å². The number of ether oxygens (including phenoxy) is 1. The van der Waals surface area contributed by atoms with Gasteiger partial charge in [0.2, 0.25) is 5.91 Å². The van der Waals surface area contributed by atoms with E-state index in [9.17, 15) is 13.6 Å². The quantitative estimate of drug-likeness (QED) is 0.788. The minimum atomic E-state index is -0.837. The van der Waals surface area contributed by atoms with Gasteiger partial charge >= 0.3 is 0 Å². The molecule has 20 heavy (non-hydrogen) atoms. The fraction of sp³-hybridized carbons (Fsp3) is 0.500. The summed E-state index contributed by atoms with van der Waals surface area (Å²) in [4.78, 5) is 15.4. The average Bonchev–Trinajstić information content (AvgIpc) is 2.78. The van der Waals surface area contributed by atoms with Crippen molar-refractivity contribution < 1.29 is 18.3 Å². The zero-order valence-electron chi connectivity index (χ0n) is 11.4. The number of carbonyl (C=O) groups excluding carboxylic acids is 1. The molecule has 0 radical (unpaired) electrons. The van der Waals surface area contributed by atoms with Gasteiger partial charge in [-0.1, -0.05) is 6.07 Å². The third kappa shape index (κ3) is 3.74. The number of carbonyl (C=O) groups is 1. The second-order valence-electron chi connectivity index (χ2n) is 4.84. The van der Waals surface area contributed by atoms with Crippen LogP contribution in [0.15, 0.2) is 18.2 Å². The van der Waals surface area contributed by atoms with Gasteiger partial charge in [-0.25, -0.2) is 8.78 Å². The first kappa shape index (κ1) is 14.9. The summed E-state index contributed by atoms with van der Waals surface area (Å²) in [6.45, 7) is 2.67. The van der Waals surface area contributed by atoms with Gasteiger partial charge in [-0.15, -0.1) is 0 Å². The normalized spacial score (nSPS) is 16.1. The third-order valence-corrected chi connectivity index (χ3v) is 3.35. The molecular formula is C14H18F2N2O2. The molecule has 1 aliphatic rings. The van der Waals surface area contributed by atoms with Crippen molar-refractivity contribution in [3.05, 3.63) is 35.4 Å². The summed E-state index contributed by atoms with van der Waals surface area (Å²) in [5, 5.41) is 0. The highest BCUT2D eigenvalue weighted by atomic mass is 19.2. The van der Waals surface area contributed by atoms with E-state index in [4.69, 9.17) is 4.74 Å². The summed E-state index contributed by atoms with van der Waals surface area (Å²) in [6, 6.07) is 3.90. The van der Waals surface area contributed by atoms with E-state index in [1.807, 2.05) is 4.90 Å². The van der Waals surface area contributed by atoms with Crippen LogP contribution in [0.5, 0.6) is 0 Å². The second-order valence-corrected chi connectivity index (χ2v) is 4.84. The van der Waals surface area contributed by atoms with Crippen LogP contribution in [-0.4, -0.2) is 55.7 Å². The Morgan fingerprint density at radius 1 is 1.25 bits per heavy atom. The molecular weight excluding hydrogens is 266 g/mol. The monoisotopic (exact) mass is 284 g/mol. The number of rotatable bonds is 6. The summed E-state index contributed by atoms with van der Waals surface area (Å²) in [7, 11) is 1.60. The topological polar surface area (TPSA) is 32.8 Å². The third-order valence-electron chi connectivity index (χ3n) is 3.35. The van der Waals surface area contributed by atoms with Gasteiger partial charge in [0.1, 0.15) is 0 Å². The molecule has 0 aromatic heterocycles. The van der Waals surface area contributed by atoms with Crippen molar-refractivity contribution in [1.29, 1.82) is 0 Å². The molecule has 0 atom stereocenters. The first-order valence-corrected chi connectivity index (χ1v) is 6.53. The molecule has 0 unspecified atom stereocenters. The molecule has 1 saturated heterocycles. The van der Waals surface area contributed by atoms with Crippen LogP contribution in [0.4, 0.5) is 8.78 Å². The lowest BCUT2D eigenvalue weighted by Gasteiger charge is -2.17. The van der Waals surface area contributed by atoms with Gasteiger partial charge < -0.3 is 9.64 Å². The zero-order chi connectivity index (χ0) is 14.5. The van der Waals surface area contributed by atoms with Crippen LogP contribution in [0.25, 0.3) is 0 Å². The molecule has 4 nitrogen and oxygen atoms in total. The number of amides is 1. The Morgan fingerprint density at radius 2 is 2.05 bits per heavy atom. The van der Waals surface area contributed by atoms with Gasteiger partial charge in [-0.3, -0.25) is 9.69 Å². The van der Waals surface area contributed by atoms with E-state index in [0.717, 1.165) is 11.6 Å². The van der Waals surface area contributed by atoms with Crippen molar-refractivity contribution in [2.24, 2.45) is 0 Å².